The van der Waals surface area contributed by atoms with E-state index in [4.69, 9.17) is 16.0 Å². The molecule has 0 unspecified atom stereocenters. The van der Waals surface area contributed by atoms with Gasteiger partial charge in [-0.3, -0.25) is 0 Å². The molecule has 2 aromatic rings. The van der Waals surface area contributed by atoms with E-state index in [-0.39, 0.29) is 0 Å². The quantitative estimate of drug-likeness (QED) is 0.308. The van der Waals surface area contributed by atoms with Crippen molar-refractivity contribution in [2.75, 3.05) is 0 Å². The molecule has 2 aromatic heterocycles. The van der Waals surface area contributed by atoms with E-state index in [0.29, 0.717) is 5.15 Å². The van der Waals surface area contributed by atoms with E-state index in [1.54, 1.807) is 6.20 Å². The second-order valence-electron chi connectivity index (χ2n) is 6.72. The molecule has 4 heteroatoms. The SMILES string of the molecule is CCC[CH2][Sn]([CH2]CCC)([CH2]CCC)[c]1cc2ccnc(Cl)c2o1. The Morgan fingerprint density at radius 3 is 2.04 bits per heavy atom. The molecular formula is C19H30ClNOSn. The van der Waals surface area contributed by atoms with Crippen LogP contribution in [0.5, 0.6) is 0 Å². The molecule has 0 saturated heterocycles. The molecular weight excluding hydrogens is 412 g/mol. The number of aromatic nitrogens is 1. The van der Waals surface area contributed by atoms with E-state index in [2.05, 4.69) is 31.8 Å². The number of halogens is 1. The number of hydrogen-bond acceptors (Lipinski definition) is 2. The Bertz CT molecular complexity index is 589. The number of rotatable bonds is 10. The van der Waals surface area contributed by atoms with Gasteiger partial charge in [0.25, 0.3) is 0 Å². The summed E-state index contributed by atoms with van der Waals surface area (Å²) in [5.41, 5.74) is 0.801. The maximum atomic E-state index is 6.35. The third kappa shape index (κ3) is 4.66. The summed E-state index contributed by atoms with van der Waals surface area (Å²) in [5, 5.41) is 1.64. The molecule has 0 aliphatic heterocycles. The molecule has 0 aliphatic carbocycles. The molecule has 2 nitrogen and oxygen atoms in total. The van der Waals surface area contributed by atoms with Crippen LogP contribution in [0.3, 0.4) is 0 Å². The van der Waals surface area contributed by atoms with Crippen LogP contribution in [0.15, 0.2) is 22.7 Å². The van der Waals surface area contributed by atoms with Crippen molar-refractivity contribution in [2.24, 2.45) is 0 Å². The van der Waals surface area contributed by atoms with Crippen molar-refractivity contribution in [3.63, 3.8) is 0 Å². The molecule has 0 saturated carbocycles. The van der Waals surface area contributed by atoms with E-state index in [1.165, 1.54) is 55.6 Å². The summed E-state index contributed by atoms with van der Waals surface area (Å²) in [6.07, 6.45) is 9.63. The molecule has 2 rings (SSSR count). The number of unbranched alkanes of at least 4 members (excludes halogenated alkanes) is 3. The average molecular weight is 443 g/mol. The standard InChI is InChI=1S/C7H3ClNO.3C4H9.Sn/c8-7-6-5(1-3-9-7)2-4-10-6;3*1-3-4-2;/h1-3H;3*1,3-4H2,2H3;. The van der Waals surface area contributed by atoms with Crippen LogP contribution in [0.4, 0.5) is 0 Å². The third-order valence-electron chi connectivity index (χ3n) is 4.94. The van der Waals surface area contributed by atoms with Gasteiger partial charge in [-0.2, -0.15) is 0 Å². The van der Waals surface area contributed by atoms with Crippen LogP contribution in [0.1, 0.15) is 59.3 Å². The second-order valence-corrected chi connectivity index (χ2v) is 20.1. The van der Waals surface area contributed by atoms with E-state index in [0.717, 1.165) is 11.0 Å². The molecule has 0 atom stereocenters. The van der Waals surface area contributed by atoms with Crippen molar-refractivity contribution >= 4 is 44.7 Å². The van der Waals surface area contributed by atoms with Crippen molar-refractivity contribution in [3.8, 4) is 0 Å². The molecule has 23 heavy (non-hydrogen) atoms. The molecule has 2 heterocycles. The first-order chi connectivity index (χ1) is 11.2. The number of hydrogen-bond donors (Lipinski definition) is 0. The Balaban J connectivity index is 2.43. The van der Waals surface area contributed by atoms with Gasteiger partial charge in [0.15, 0.2) is 0 Å². The van der Waals surface area contributed by atoms with Crippen molar-refractivity contribution in [1.29, 1.82) is 0 Å². The van der Waals surface area contributed by atoms with Gasteiger partial charge in [0, 0.05) is 0 Å². The van der Waals surface area contributed by atoms with E-state index >= 15 is 0 Å². The predicted octanol–water partition coefficient (Wildman–Crippen LogP) is 6.54. The molecule has 0 aromatic carbocycles. The van der Waals surface area contributed by atoms with Crippen LogP contribution >= 0.6 is 11.6 Å². The van der Waals surface area contributed by atoms with Crippen LogP contribution in [0, 0.1) is 0 Å². The normalized spacial score (nSPS) is 12.2. The van der Waals surface area contributed by atoms with Gasteiger partial charge in [-0.25, -0.2) is 0 Å². The molecule has 0 N–H and O–H groups in total. The second kappa shape index (κ2) is 9.31. The van der Waals surface area contributed by atoms with Crippen molar-refractivity contribution in [2.45, 2.75) is 72.6 Å². The van der Waals surface area contributed by atoms with Crippen molar-refractivity contribution in [1.82, 2.24) is 4.98 Å². The van der Waals surface area contributed by atoms with Crippen LogP contribution in [-0.4, -0.2) is 23.4 Å². The van der Waals surface area contributed by atoms with Crippen molar-refractivity contribution in [3.05, 3.63) is 23.5 Å². The number of nitrogens with zero attached hydrogens (tertiary/aromatic N) is 1. The van der Waals surface area contributed by atoms with Crippen LogP contribution in [-0.2, 0) is 0 Å². The fourth-order valence-electron chi connectivity index (χ4n) is 3.48. The fourth-order valence-corrected chi connectivity index (χ4v) is 19.0. The van der Waals surface area contributed by atoms with E-state index in [9.17, 15) is 0 Å². The van der Waals surface area contributed by atoms with Gasteiger partial charge >= 0.3 is 150 Å². The summed E-state index contributed by atoms with van der Waals surface area (Å²) in [4.78, 5) is 4.18. The van der Waals surface area contributed by atoms with Gasteiger partial charge in [-0.1, -0.05) is 0 Å². The zero-order valence-electron chi connectivity index (χ0n) is 14.8. The first-order valence-corrected chi connectivity index (χ1v) is 17.1. The third-order valence-corrected chi connectivity index (χ3v) is 20.1. The summed E-state index contributed by atoms with van der Waals surface area (Å²) in [5.74, 6) is 0. The Morgan fingerprint density at radius 2 is 1.57 bits per heavy atom. The first-order valence-electron chi connectivity index (χ1n) is 9.21. The van der Waals surface area contributed by atoms with Gasteiger partial charge in [0.05, 0.1) is 0 Å². The zero-order valence-corrected chi connectivity index (χ0v) is 18.4. The summed E-state index contributed by atoms with van der Waals surface area (Å²) in [6.45, 7) is 6.90. The van der Waals surface area contributed by atoms with Gasteiger partial charge in [0.2, 0.25) is 0 Å². The summed E-state index contributed by atoms with van der Waals surface area (Å²) >= 11 is 3.76. The predicted molar refractivity (Wildman–Crippen MR) is 104 cm³/mol. The topological polar surface area (TPSA) is 26.0 Å². The minimum atomic E-state index is -2.49. The van der Waals surface area contributed by atoms with Gasteiger partial charge in [-0.15, -0.1) is 0 Å². The minimum absolute atomic E-state index is 0.510. The Kier molecular flexibility index (Phi) is 7.74. The molecule has 0 bridgehead atoms. The Morgan fingerprint density at radius 1 is 1.00 bits per heavy atom. The number of fused-ring (bicyclic) bond motifs is 1. The number of furan rings is 1. The molecule has 0 fully saturated rings. The molecule has 0 radical (unpaired) electrons. The van der Waals surface area contributed by atoms with Crippen molar-refractivity contribution < 1.29 is 4.42 Å². The molecule has 0 spiro atoms. The number of pyridine rings is 1. The van der Waals surface area contributed by atoms with Gasteiger partial charge in [-0.05, 0) is 0 Å². The average Bonchev–Trinajstić information content (AvgIpc) is 3.01. The van der Waals surface area contributed by atoms with Crippen LogP contribution in [0.2, 0.25) is 18.5 Å². The van der Waals surface area contributed by atoms with E-state index < -0.39 is 18.4 Å². The van der Waals surface area contributed by atoms with Crippen LogP contribution < -0.4 is 3.78 Å². The summed E-state index contributed by atoms with van der Waals surface area (Å²) in [6, 6.07) is 4.34. The first kappa shape index (κ1) is 19.1. The molecule has 128 valence electrons. The Labute approximate surface area is 149 Å². The van der Waals surface area contributed by atoms with Gasteiger partial charge in [0.1, 0.15) is 0 Å². The Hall–Kier alpha value is -0.221. The monoisotopic (exact) mass is 443 g/mol. The fraction of sp³-hybridized carbons (Fsp3) is 0.632. The van der Waals surface area contributed by atoms with Gasteiger partial charge < -0.3 is 0 Å². The maximum absolute atomic E-state index is 6.35. The molecule has 0 amide bonds. The van der Waals surface area contributed by atoms with Crippen LogP contribution in [0.25, 0.3) is 11.0 Å². The van der Waals surface area contributed by atoms with E-state index in [1.807, 2.05) is 6.07 Å². The summed E-state index contributed by atoms with van der Waals surface area (Å²) in [7, 11) is 0. The zero-order chi connectivity index (χ0) is 16.7. The molecule has 0 aliphatic rings. The summed E-state index contributed by atoms with van der Waals surface area (Å²) < 4.78 is 11.9.